The maximum atomic E-state index is 8.64. The summed E-state index contributed by atoms with van der Waals surface area (Å²) in [6.07, 6.45) is 3.97. The van der Waals surface area contributed by atoms with E-state index in [1.165, 1.54) is 11.1 Å². The quantitative estimate of drug-likeness (QED) is 0.673. The number of aryl methyl sites for hydroxylation is 1. The van der Waals surface area contributed by atoms with E-state index < -0.39 is 0 Å². The van der Waals surface area contributed by atoms with Crippen molar-refractivity contribution < 1.29 is 5.11 Å². The highest BCUT2D eigenvalue weighted by Gasteiger charge is 1.94. The average Bonchev–Trinajstić information content (AvgIpc) is 2.21. The van der Waals surface area contributed by atoms with Crippen molar-refractivity contribution in [2.24, 2.45) is 5.73 Å². The molecule has 78 valence electrons. The summed E-state index contributed by atoms with van der Waals surface area (Å²) in [7, 11) is 0. The molecule has 1 aromatic rings. The molecule has 0 aromatic heterocycles. The lowest BCUT2D eigenvalue weighted by Gasteiger charge is -2.02. The van der Waals surface area contributed by atoms with Crippen LogP contribution in [0.25, 0.3) is 0 Å². The Labute approximate surface area is 85.8 Å². The van der Waals surface area contributed by atoms with E-state index in [-0.39, 0.29) is 0 Å². The highest BCUT2D eigenvalue weighted by molar-refractivity contribution is 5.22. The summed E-state index contributed by atoms with van der Waals surface area (Å²) in [6.45, 7) is 1.01. The minimum atomic E-state index is 0.297. The van der Waals surface area contributed by atoms with Gasteiger partial charge in [-0.05, 0) is 43.4 Å². The third-order valence-corrected chi connectivity index (χ3v) is 2.33. The normalized spacial score (nSPS) is 10.4. The average molecular weight is 193 g/mol. The van der Waals surface area contributed by atoms with Gasteiger partial charge < -0.3 is 10.8 Å². The molecule has 0 fully saturated rings. The van der Waals surface area contributed by atoms with Crippen molar-refractivity contribution in [1.82, 2.24) is 0 Å². The minimum Gasteiger partial charge on any atom is -0.396 e. The number of hydrogen-bond donors (Lipinski definition) is 2. The van der Waals surface area contributed by atoms with E-state index in [0.29, 0.717) is 13.2 Å². The zero-order chi connectivity index (χ0) is 10.2. The van der Waals surface area contributed by atoms with Gasteiger partial charge in [0.2, 0.25) is 0 Å². The molecule has 2 nitrogen and oxygen atoms in total. The Bertz CT molecular complexity index is 243. The lowest BCUT2D eigenvalue weighted by atomic mass is 10.0. The summed E-state index contributed by atoms with van der Waals surface area (Å²) in [4.78, 5) is 0. The summed E-state index contributed by atoms with van der Waals surface area (Å²) in [5.41, 5.74) is 8.12. The summed E-state index contributed by atoms with van der Waals surface area (Å²) in [5.74, 6) is 0. The molecule has 0 atom stereocenters. The molecule has 1 rings (SSSR count). The summed E-state index contributed by atoms with van der Waals surface area (Å²) < 4.78 is 0. The van der Waals surface area contributed by atoms with Gasteiger partial charge in [0.15, 0.2) is 0 Å². The topological polar surface area (TPSA) is 46.2 Å². The number of nitrogens with two attached hydrogens (primary N) is 1. The Morgan fingerprint density at radius 1 is 0.929 bits per heavy atom. The molecule has 14 heavy (non-hydrogen) atoms. The van der Waals surface area contributed by atoms with Gasteiger partial charge in [-0.1, -0.05) is 24.3 Å². The smallest absolute Gasteiger partial charge is 0.0431 e. The first-order valence-electron chi connectivity index (χ1n) is 5.25. The van der Waals surface area contributed by atoms with Gasteiger partial charge in [-0.3, -0.25) is 0 Å². The SMILES string of the molecule is NCCc1ccc(CCCCO)cc1. The van der Waals surface area contributed by atoms with Crippen LogP contribution in [0, 0.1) is 0 Å². The molecule has 0 aliphatic carbocycles. The highest BCUT2D eigenvalue weighted by atomic mass is 16.2. The van der Waals surface area contributed by atoms with Gasteiger partial charge in [0.05, 0.1) is 0 Å². The molecule has 0 amide bonds. The van der Waals surface area contributed by atoms with Gasteiger partial charge in [0.25, 0.3) is 0 Å². The molecule has 0 saturated carbocycles. The van der Waals surface area contributed by atoms with Crippen LogP contribution in [0.15, 0.2) is 24.3 Å². The molecule has 3 N–H and O–H groups in total. The molecule has 0 radical (unpaired) electrons. The van der Waals surface area contributed by atoms with Crippen molar-refractivity contribution in [3.8, 4) is 0 Å². The first-order chi connectivity index (χ1) is 6.86. The van der Waals surface area contributed by atoms with Crippen LogP contribution < -0.4 is 5.73 Å². The van der Waals surface area contributed by atoms with Crippen molar-refractivity contribution in [2.45, 2.75) is 25.7 Å². The van der Waals surface area contributed by atoms with Gasteiger partial charge in [0, 0.05) is 6.61 Å². The van der Waals surface area contributed by atoms with E-state index in [1.807, 2.05) is 0 Å². The first kappa shape index (κ1) is 11.2. The maximum Gasteiger partial charge on any atom is 0.0431 e. The minimum absolute atomic E-state index is 0.297. The summed E-state index contributed by atoms with van der Waals surface area (Å²) >= 11 is 0. The van der Waals surface area contributed by atoms with E-state index in [4.69, 9.17) is 10.8 Å². The second kappa shape index (κ2) is 6.57. The molecule has 0 unspecified atom stereocenters. The third kappa shape index (κ3) is 3.90. The molecule has 0 spiro atoms. The monoisotopic (exact) mass is 193 g/mol. The number of rotatable bonds is 6. The Kier molecular flexibility index (Phi) is 5.27. The van der Waals surface area contributed by atoms with Crippen molar-refractivity contribution in [3.05, 3.63) is 35.4 Å². The van der Waals surface area contributed by atoms with Crippen LogP contribution in [0.1, 0.15) is 24.0 Å². The highest BCUT2D eigenvalue weighted by Crippen LogP contribution is 2.07. The van der Waals surface area contributed by atoms with Gasteiger partial charge >= 0.3 is 0 Å². The standard InChI is InChI=1S/C12H19NO/c13-9-8-12-6-4-11(5-7-12)3-1-2-10-14/h4-7,14H,1-3,8-10,13H2. The third-order valence-electron chi connectivity index (χ3n) is 2.33. The van der Waals surface area contributed by atoms with Crippen LogP contribution >= 0.6 is 0 Å². The van der Waals surface area contributed by atoms with Gasteiger partial charge in [-0.2, -0.15) is 0 Å². The molecule has 1 aromatic carbocycles. The lowest BCUT2D eigenvalue weighted by Crippen LogP contribution is -2.02. The molecular weight excluding hydrogens is 174 g/mol. The van der Waals surface area contributed by atoms with Crippen LogP contribution in [0.3, 0.4) is 0 Å². The van der Waals surface area contributed by atoms with Crippen LogP contribution in [-0.4, -0.2) is 18.3 Å². The van der Waals surface area contributed by atoms with Crippen LogP contribution in [0.5, 0.6) is 0 Å². The zero-order valence-corrected chi connectivity index (χ0v) is 8.58. The van der Waals surface area contributed by atoms with Crippen LogP contribution in [0.4, 0.5) is 0 Å². The Morgan fingerprint density at radius 2 is 1.50 bits per heavy atom. The fraction of sp³-hybridized carbons (Fsp3) is 0.500. The second-order valence-corrected chi connectivity index (χ2v) is 3.54. The van der Waals surface area contributed by atoms with Crippen LogP contribution in [0.2, 0.25) is 0 Å². The fourth-order valence-electron chi connectivity index (χ4n) is 1.48. The van der Waals surface area contributed by atoms with E-state index >= 15 is 0 Å². The van der Waals surface area contributed by atoms with Crippen molar-refractivity contribution >= 4 is 0 Å². The number of benzene rings is 1. The lowest BCUT2D eigenvalue weighted by molar-refractivity contribution is 0.284. The molecular formula is C12H19NO. The van der Waals surface area contributed by atoms with Crippen molar-refractivity contribution in [2.75, 3.05) is 13.2 Å². The van der Waals surface area contributed by atoms with Gasteiger partial charge in [-0.25, -0.2) is 0 Å². The van der Waals surface area contributed by atoms with Gasteiger partial charge in [0.1, 0.15) is 0 Å². The van der Waals surface area contributed by atoms with Crippen molar-refractivity contribution in [1.29, 1.82) is 0 Å². The number of unbranched alkanes of at least 4 members (excludes halogenated alkanes) is 1. The second-order valence-electron chi connectivity index (χ2n) is 3.54. The number of aliphatic hydroxyl groups is 1. The fourth-order valence-corrected chi connectivity index (χ4v) is 1.48. The molecule has 0 heterocycles. The van der Waals surface area contributed by atoms with E-state index in [9.17, 15) is 0 Å². The van der Waals surface area contributed by atoms with Crippen LogP contribution in [-0.2, 0) is 12.8 Å². The Morgan fingerprint density at radius 3 is 2.00 bits per heavy atom. The molecule has 2 heteroatoms. The molecule has 0 saturated heterocycles. The largest absolute Gasteiger partial charge is 0.396 e. The van der Waals surface area contributed by atoms with Crippen molar-refractivity contribution in [3.63, 3.8) is 0 Å². The zero-order valence-electron chi connectivity index (χ0n) is 8.58. The Hall–Kier alpha value is -0.860. The predicted molar refractivity (Wildman–Crippen MR) is 59.2 cm³/mol. The maximum absolute atomic E-state index is 8.64. The van der Waals surface area contributed by atoms with E-state index in [1.54, 1.807) is 0 Å². The number of hydrogen-bond acceptors (Lipinski definition) is 2. The molecule has 0 aliphatic heterocycles. The summed E-state index contributed by atoms with van der Waals surface area (Å²) in [5, 5.41) is 8.64. The number of aliphatic hydroxyl groups excluding tert-OH is 1. The molecule has 0 bridgehead atoms. The predicted octanol–water partition coefficient (Wildman–Crippen LogP) is 1.50. The van der Waals surface area contributed by atoms with E-state index in [0.717, 1.165) is 25.7 Å². The molecule has 0 aliphatic rings. The first-order valence-corrected chi connectivity index (χ1v) is 5.25. The summed E-state index contributed by atoms with van der Waals surface area (Å²) in [6, 6.07) is 8.59. The van der Waals surface area contributed by atoms with E-state index in [2.05, 4.69) is 24.3 Å². The van der Waals surface area contributed by atoms with Gasteiger partial charge in [-0.15, -0.1) is 0 Å². The Balaban J connectivity index is 2.38.